The van der Waals surface area contributed by atoms with Gasteiger partial charge in [0, 0.05) is 12.4 Å². The number of rotatable bonds is 3. The van der Waals surface area contributed by atoms with E-state index in [1.54, 1.807) is 10.9 Å². The van der Waals surface area contributed by atoms with Crippen LogP contribution in [0.1, 0.15) is 5.56 Å². The van der Waals surface area contributed by atoms with E-state index in [0.29, 0.717) is 6.54 Å². The van der Waals surface area contributed by atoms with Crippen LogP contribution in [0.2, 0.25) is 0 Å². The molecular formula is C11H9N3O. The van der Waals surface area contributed by atoms with E-state index >= 15 is 0 Å². The van der Waals surface area contributed by atoms with Crippen molar-refractivity contribution < 1.29 is 4.79 Å². The molecule has 0 aliphatic carbocycles. The Labute approximate surface area is 86.9 Å². The van der Waals surface area contributed by atoms with Gasteiger partial charge in [-0.2, -0.15) is 5.10 Å². The van der Waals surface area contributed by atoms with Crippen molar-refractivity contribution in [2.45, 2.75) is 6.54 Å². The predicted octanol–water partition coefficient (Wildman–Crippen LogP) is 1.71. The van der Waals surface area contributed by atoms with Crippen molar-refractivity contribution in [1.82, 2.24) is 9.78 Å². The zero-order chi connectivity index (χ0) is 10.5. The number of nitrogens with zero attached hydrogens (tertiary/aromatic N) is 3. The molecule has 2 rings (SSSR count). The van der Waals surface area contributed by atoms with Gasteiger partial charge in [0.25, 0.3) is 0 Å². The number of aromatic nitrogens is 2. The summed E-state index contributed by atoms with van der Waals surface area (Å²) in [5.41, 5.74) is 1.97. The highest BCUT2D eigenvalue weighted by atomic mass is 16.1. The maximum atomic E-state index is 9.93. The van der Waals surface area contributed by atoms with Crippen molar-refractivity contribution in [2.24, 2.45) is 4.99 Å². The standard InChI is InChI=1S/C11H9N3O/c15-9-12-8-10-2-4-11(5-3-10)14-7-1-6-13-14/h1-7H,8H2. The molecule has 0 bridgehead atoms. The van der Waals surface area contributed by atoms with Crippen LogP contribution in [0.15, 0.2) is 47.7 Å². The minimum Gasteiger partial charge on any atom is -0.241 e. The summed E-state index contributed by atoms with van der Waals surface area (Å²) in [7, 11) is 0. The Morgan fingerprint density at radius 2 is 2.13 bits per heavy atom. The number of hydrogen-bond acceptors (Lipinski definition) is 3. The molecule has 0 saturated carbocycles. The van der Waals surface area contributed by atoms with Gasteiger partial charge < -0.3 is 0 Å². The molecule has 0 aliphatic rings. The van der Waals surface area contributed by atoms with E-state index < -0.39 is 0 Å². The summed E-state index contributed by atoms with van der Waals surface area (Å²) in [4.78, 5) is 13.4. The van der Waals surface area contributed by atoms with Crippen LogP contribution in [0.4, 0.5) is 0 Å². The minimum atomic E-state index is 0.378. The van der Waals surface area contributed by atoms with Crippen molar-refractivity contribution in [3.8, 4) is 5.69 Å². The van der Waals surface area contributed by atoms with Crippen LogP contribution in [0.5, 0.6) is 0 Å². The molecule has 2 aromatic rings. The summed E-state index contributed by atoms with van der Waals surface area (Å²) < 4.78 is 1.77. The van der Waals surface area contributed by atoms with Crippen LogP contribution in [0.3, 0.4) is 0 Å². The summed E-state index contributed by atoms with van der Waals surface area (Å²) >= 11 is 0. The van der Waals surface area contributed by atoms with E-state index in [1.165, 1.54) is 6.08 Å². The molecular weight excluding hydrogens is 190 g/mol. The van der Waals surface area contributed by atoms with Gasteiger partial charge in [0.2, 0.25) is 6.08 Å². The lowest BCUT2D eigenvalue weighted by molar-refractivity contribution is 0.563. The Bertz CT molecular complexity index is 467. The Kier molecular flexibility index (Phi) is 2.72. The van der Waals surface area contributed by atoms with Crippen LogP contribution >= 0.6 is 0 Å². The van der Waals surface area contributed by atoms with Gasteiger partial charge in [-0.25, -0.2) is 14.5 Å². The van der Waals surface area contributed by atoms with Crippen molar-refractivity contribution >= 4 is 6.08 Å². The van der Waals surface area contributed by atoms with Gasteiger partial charge in [0.1, 0.15) is 0 Å². The summed E-state index contributed by atoms with van der Waals surface area (Å²) in [6.07, 6.45) is 5.12. The molecule has 1 aromatic heterocycles. The van der Waals surface area contributed by atoms with E-state index in [2.05, 4.69) is 10.1 Å². The third kappa shape index (κ3) is 2.18. The average Bonchev–Trinajstić information content (AvgIpc) is 2.80. The molecule has 74 valence electrons. The second-order valence-electron chi connectivity index (χ2n) is 3.02. The summed E-state index contributed by atoms with van der Waals surface area (Å²) in [5.74, 6) is 0. The highest BCUT2D eigenvalue weighted by Gasteiger charge is 1.95. The van der Waals surface area contributed by atoms with E-state index in [-0.39, 0.29) is 0 Å². The van der Waals surface area contributed by atoms with Crippen molar-refractivity contribution in [3.63, 3.8) is 0 Å². The summed E-state index contributed by atoms with van der Waals surface area (Å²) in [6, 6.07) is 9.56. The van der Waals surface area contributed by atoms with Gasteiger partial charge in [-0.05, 0) is 23.8 Å². The lowest BCUT2D eigenvalue weighted by atomic mass is 10.2. The van der Waals surface area contributed by atoms with Gasteiger partial charge in [-0.3, -0.25) is 0 Å². The molecule has 4 heteroatoms. The van der Waals surface area contributed by atoms with Gasteiger partial charge in [0.05, 0.1) is 12.2 Å². The molecule has 0 radical (unpaired) electrons. The first-order valence-electron chi connectivity index (χ1n) is 4.53. The molecule has 0 unspecified atom stereocenters. The molecule has 1 aromatic carbocycles. The van der Waals surface area contributed by atoms with E-state index in [1.807, 2.05) is 36.5 Å². The lowest BCUT2D eigenvalue weighted by Crippen LogP contribution is -1.93. The molecule has 1 heterocycles. The first kappa shape index (κ1) is 9.37. The number of aliphatic imine (C=N–C) groups is 1. The number of hydrogen-bond donors (Lipinski definition) is 0. The summed E-state index contributed by atoms with van der Waals surface area (Å²) in [6.45, 7) is 0.378. The number of carbonyl (C=O) groups excluding carboxylic acids is 1. The molecule has 0 amide bonds. The molecule has 0 aliphatic heterocycles. The van der Waals surface area contributed by atoms with Gasteiger partial charge >= 0.3 is 0 Å². The second-order valence-corrected chi connectivity index (χ2v) is 3.02. The molecule has 0 saturated heterocycles. The fourth-order valence-corrected chi connectivity index (χ4v) is 1.30. The minimum absolute atomic E-state index is 0.378. The fraction of sp³-hybridized carbons (Fsp3) is 0.0909. The lowest BCUT2D eigenvalue weighted by Gasteiger charge is -2.01. The van der Waals surface area contributed by atoms with E-state index in [9.17, 15) is 4.79 Å². The smallest absolute Gasteiger partial charge is 0.235 e. The topological polar surface area (TPSA) is 47.2 Å². The molecule has 0 spiro atoms. The molecule has 15 heavy (non-hydrogen) atoms. The predicted molar refractivity (Wildman–Crippen MR) is 55.4 cm³/mol. The normalized spacial score (nSPS) is 9.60. The highest BCUT2D eigenvalue weighted by molar-refractivity contribution is 5.36. The van der Waals surface area contributed by atoms with Crippen molar-refractivity contribution in [1.29, 1.82) is 0 Å². The van der Waals surface area contributed by atoms with Crippen LogP contribution in [0.25, 0.3) is 5.69 Å². The average molecular weight is 199 g/mol. The maximum absolute atomic E-state index is 9.93. The molecule has 4 nitrogen and oxygen atoms in total. The molecule has 0 N–H and O–H groups in total. The quantitative estimate of drug-likeness (QED) is 0.558. The fourth-order valence-electron chi connectivity index (χ4n) is 1.30. The van der Waals surface area contributed by atoms with Crippen molar-refractivity contribution in [2.75, 3.05) is 0 Å². The Balaban J connectivity index is 2.21. The molecule has 0 fully saturated rings. The zero-order valence-corrected chi connectivity index (χ0v) is 8.00. The van der Waals surface area contributed by atoms with Gasteiger partial charge in [0.15, 0.2) is 0 Å². The third-order valence-electron chi connectivity index (χ3n) is 2.03. The Morgan fingerprint density at radius 1 is 1.33 bits per heavy atom. The zero-order valence-electron chi connectivity index (χ0n) is 8.00. The second kappa shape index (κ2) is 4.35. The Morgan fingerprint density at radius 3 is 2.73 bits per heavy atom. The first-order chi connectivity index (χ1) is 7.40. The van der Waals surface area contributed by atoms with Crippen LogP contribution in [-0.2, 0) is 11.3 Å². The van der Waals surface area contributed by atoms with E-state index in [0.717, 1.165) is 11.3 Å². The van der Waals surface area contributed by atoms with Crippen LogP contribution in [0, 0.1) is 0 Å². The first-order valence-corrected chi connectivity index (χ1v) is 4.53. The van der Waals surface area contributed by atoms with Crippen LogP contribution in [-0.4, -0.2) is 15.9 Å². The van der Waals surface area contributed by atoms with Gasteiger partial charge in [-0.1, -0.05) is 12.1 Å². The number of isocyanates is 1. The largest absolute Gasteiger partial charge is 0.241 e. The SMILES string of the molecule is O=C=NCc1ccc(-n2cccn2)cc1. The van der Waals surface area contributed by atoms with Crippen LogP contribution < -0.4 is 0 Å². The van der Waals surface area contributed by atoms with E-state index in [4.69, 9.17) is 0 Å². The van der Waals surface area contributed by atoms with Gasteiger partial charge in [-0.15, -0.1) is 0 Å². The Hall–Kier alpha value is -2.19. The monoisotopic (exact) mass is 199 g/mol. The molecule has 0 atom stereocenters. The third-order valence-corrected chi connectivity index (χ3v) is 2.03. The van der Waals surface area contributed by atoms with Crippen molar-refractivity contribution in [3.05, 3.63) is 48.3 Å². The highest BCUT2D eigenvalue weighted by Crippen LogP contribution is 2.08. The number of benzene rings is 1. The summed E-state index contributed by atoms with van der Waals surface area (Å²) in [5, 5.41) is 4.11. The maximum Gasteiger partial charge on any atom is 0.235 e.